The third-order valence-electron chi connectivity index (χ3n) is 6.53. The molecule has 6 rings (SSSR count). The van der Waals surface area contributed by atoms with Gasteiger partial charge in [0.2, 0.25) is 0 Å². The first-order valence-electron chi connectivity index (χ1n) is 10.5. The zero-order chi connectivity index (χ0) is 19.6. The highest BCUT2D eigenvalue weighted by Crippen LogP contribution is 2.48. The lowest BCUT2D eigenvalue weighted by atomic mass is 9.69. The van der Waals surface area contributed by atoms with Crippen LogP contribution in [0.4, 0.5) is 5.69 Å². The maximum atomic E-state index is 6.42. The molecular weight excluding hydrogens is 358 g/mol. The van der Waals surface area contributed by atoms with E-state index in [1.54, 1.807) is 0 Å². The Kier molecular flexibility index (Phi) is 4.94. The summed E-state index contributed by atoms with van der Waals surface area (Å²) in [4.78, 5) is 6.99. The van der Waals surface area contributed by atoms with E-state index in [1.165, 1.54) is 37.1 Å². The van der Waals surface area contributed by atoms with E-state index in [4.69, 9.17) is 10.5 Å². The first kappa shape index (κ1) is 18.2. The SMILES string of the molecule is Nc1cccc(C2C3CCN(CC3)C2Cc2cccnc2)c1Oc1ccccc1. The standard InChI is InChI=1S/C25H27N3O/c26-22-10-4-9-21(25(22)29-20-7-2-1-3-8-20)24-19-11-14-28(15-12-19)23(24)16-18-6-5-13-27-17-18/h1-10,13,17,19,23-24H,11-12,14-16,26H2. The fourth-order valence-electron chi connectivity index (χ4n) is 5.19. The fraction of sp³-hybridized carbons (Fsp3) is 0.320. The van der Waals surface area contributed by atoms with Crippen LogP contribution in [-0.2, 0) is 6.42 Å². The number of hydrogen-bond donors (Lipinski definition) is 1. The van der Waals surface area contributed by atoms with Crippen LogP contribution in [0.2, 0.25) is 0 Å². The zero-order valence-electron chi connectivity index (χ0n) is 16.6. The van der Waals surface area contributed by atoms with Gasteiger partial charge in [-0.2, -0.15) is 0 Å². The van der Waals surface area contributed by atoms with Crippen molar-refractivity contribution in [3.8, 4) is 11.5 Å². The number of aromatic nitrogens is 1. The maximum Gasteiger partial charge on any atom is 0.153 e. The van der Waals surface area contributed by atoms with Gasteiger partial charge in [0.15, 0.2) is 5.75 Å². The van der Waals surface area contributed by atoms with Crippen LogP contribution >= 0.6 is 0 Å². The van der Waals surface area contributed by atoms with Gasteiger partial charge in [0.05, 0.1) is 5.69 Å². The number of fused-ring (bicyclic) bond motifs is 3. The Bertz CT molecular complexity index is 952. The number of para-hydroxylation sites is 2. The van der Waals surface area contributed by atoms with E-state index in [0.29, 0.717) is 23.6 Å². The molecule has 2 N–H and O–H groups in total. The van der Waals surface area contributed by atoms with Gasteiger partial charge in [-0.15, -0.1) is 0 Å². The van der Waals surface area contributed by atoms with E-state index < -0.39 is 0 Å². The minimum Gasteiger partial charge on any atom is -0.455 e. The first-order valence-corrected chi connectivity index (χ1v) is 10.5. The number of ether oxygens (including phenoxy) is 1. The van der Waals surface area contributed by atoms with Crippen molar-refractivity contribution in [2.24, 2.45) is 5.92 Å². The minimum absolute atomic E-state index is 0.417. The molecule has 4 heteroatoms. The Labute approximate surface area is 172 Å². The summed E-state index contributed by atoms with van der Waals surface area (Å²) in [5.41, 5.74) is 9.68. The molecule has 148 valence electrons. The average Bonchev–Trinajstić information content (AvgIpc) is 2.78. The van der Waals surface area contributed by atoms with Gasteiger partial charge in [0.1, 0.15) is 5.75 Å². The van der Waals surface area contributed by atoms with E-state index in [9.17, 15) is 0 Å². The topological polar surface area (TPSA) is 51.4 Å². The number of nitrogen functional groups attached to an aromatic ring is 1. The van der Waals surface area contributed by atoms with E-state index in [-0.39, 0.29) is 0 Å². The molecule has 2 unspecified atom stereocenters. The molecule has 4 nitrogen and oxygen atoms in total. The van der Waals surface area contributed by atoms with Crippen LogP contribution in [0.3, 0.4) is 0 Å². The minimum atomic E-state index is 0.417. The van der Waals surface area contributed by atoms with Crippen molar-refractivity contribution in [3.63, 3.8) is 0 Å². The number of piperidine rings is 3. The number of anilines is 1. The van der Waals surface area contributed by atoms with Crippen molar-refractivity contribution in [2.45, 2.75) is 31.2 Å². The molecule has 3 aromatic rings. The Hall–Kier alpha value is -2.85. The van der Waals surface area contributed by atoms with Gasteiger partial charge in [-0.3, -0.25) is 9.88 Å². The van der Waals surface area contributed by atoms with Crippen LogP contribution in [0.25, 0.3) is 0 Å². The van der Waals surface area contributed by atoms with Gasteiger partial charge in [-0.05, 0) is 68.1 Å². The molecule has 0 saturated carbocycles. The van der Waals surface area contributed by atoms with E-state index in [0.717, 1.165) is 17.9 Å². The lowest BCUT2D eigenvalue weighted by Gasteiger charge is -2.51. The smallest absolute Gasteiger partial charge is 0.153 e. The Balaban J connectivity index is 1.53. The summed E-state index contributed by atoms with van der Waals surface area (Å²) in [6.45, 7) is 2.37. The highest BCUT2D eigenvalue weighted by atomic mass is 16.5. The van der Waals surface area contributed by atoms with Gasteiger partial charge in [-0.25, -0.2) is 0 Å². The molecule has 1 aromatic heterocycles. The van der Waals surface area contributed by atoms with Gasteiger partial charge < -0.3 is 10.5 Å². The fourth-order valence-corrected chi connectivity index (χ4v) is 5.19. The second-order valence-corrected chi connectivity index (χ2v) is 8.21. The lowest BCUT2D eigenvalue weighted by molar-refractivity contribution is 0.0250. The Morgan fingerprint density at radius 3 is 2.55 bits per heavy atom. The molecule has 3 aliphatic rings. The molecule has 2 atom stereocenters. The van der Waals surface area contributed by atoms with Gasteiger partial charge in [0, 0.05) is 29.9 Å². The highest BCUT2D eigenvalue weighted by molar-refractivity contribution is 5.60. The predicted molar refractivity (Wildman–Crippen MR) is 116 cm³/mol. The number of pyridine rings is 1. The second kappa shape index (κ2) is 7.88. The number of hydrogen-bond acceptors (Lipinski definition) is 4. The van der Waals surface area contributed by atoms with E-state index >= 15 is 0 Å². The molecule has 2 bridgehead atoms. The largest absolute Gasteiger partial charge is 0.455 e. The number of benzene rings is 2. The molecular formula is C25H27N3O. The summed E-state index contributed by atoms with van der Waals surface area (Å²) >= 11 is 0. The van der Waals surface area contributed by atoms with Crippen LogP contribution in [0.1, 0.15) is 29.9 Å². The van der Waals surface area contributed by atoms with Gasteiger partial charge >= 0.3 is 0 Å². The molecule has 0 aliphatic carbocycles. The quantitative estimate of drug-likeness (QED) is 0.636. The van der Waals surface area contributed by atoms with Crippen molar-refractivity contribution < 1.29 is 4.74 Å². The maximum absolute atomic E-state index is 6.42. The van der Waals surface area contributed by atoms with Crippen LogP contribution in [0.5, 0.6) is 11.5 Å². The third-order valence-corrected chi connectivity index (χ3v) is 6.53. The van der Waals surface area contributed by atoms with Crippen LogP contribution < -0.4 is 10.5 Å². The van der Waals surface area contributed by atoms with Crippen LogP contribution in [-0.4, -0.2) is 29.0 Å². The first-order chi connectivity index (χ1) is 14.3. The molecule has 3 saturated heterocycles. The Morgan fingerprint density at radius 1 is 0.966 bits per heavy atom. The molecule has 3 aliphatic heterocycles. The molecule has 3 fully saturated rings. The number of rotatable bonds is 5. The summed E-state index contributed by atoms with van der Waals surface area (Å²) in [5, 5.41) is 0. The summed E-state index contributed by atoms with van der Waals surface area (Å²) in [7, 11) is 0. The summed E-state index contributed by atoms with van der Waals surface area (Å²) in [5.74, 6) is 2.74. The van der Waals surface area contributed by atoms with E-state index in [1.807, 2.05) is 54.9 Å². The normalized spacial score (nSPS) is 25.7. The van der Waals surface area contributed by atoms with Gasteiger partial charge in [-0.1, -0.05) is 36.4 Å². The molecule has 0 radical (unpaired) electrons. The van der Waals surface area contributed by atoms with Crippen molar-refractivity contribution in [1.29, 1.82) is 0 Å². The van der Waals surface area contributed by atoms with Crippen molar-refractivity contribution in [3.05, 3.63) is 84.2 Å². The molecule has 2 aromatic carbocycles. The molecule has 0 spiro atoms. The van der Waals surface area contributed by atoms with Crippen LogP contribution in [0, 0.1) is 5.92 Å². The summed E-state index contributed by atoms with van der Waals surface area (Å²) < 4.78 is 6.34. The average molecular weight is 386 g/mol. The molecule has 29 heavy (non-hydrogen) atoms. The predicted octanol–water partition coefficient (Wildman–Crippen LogP) is 4.88. The second-order valence-electron chi connectivity index (χ2n) is 8.21. The zero-order valence-corrected chi connectivity index (χ0v) is 16.6. The summed E-state index contributed by atoms with van der Waals surface area (Å²) in [6, 6.07) is 20.9. The number of nitrogens with two attached hydrogens (primary N) is 1. The monoisotopic (exact) mass is 385 g/mol. The van der Waals surface area contributed by atoms with Crippen molar-refractivity contribution in [1.82, 2.24) is 9.88 Å². The third kappa shape index (κ3) is 3.60. The molecule has 0 amide bonds. The lowest BCUT2D eigenvalue weighted by Crippen LogP contribution is -2.54. The van der Waals surface area contributed by atoms with Crippen LogP contribution in [0.15, 0.2) is 73.1 Å². The highest BCUT2D eigenvalue weighted by Gasteiger charge is 2.44. The molecule has 4 heterocycles. The number of nitrogens with zero attached hydrogens (tertiary/aromatic N) is 2. The van der Waals surface area contributed by atoms with Crippen molar-refractivity contribution >= 4 is 5.69 Å². The Morgan fingerprint density at radius 2 is 1.79 bits per heavy atom. The van der Waals surface area contributed by atoms with Crippen molar-refractivity contribution in [2.75, 3.05) is 18.8 Å². The summed E-state index contributed by atoms with van der Waals surface area (Å²) in [6.07, 6.45) is 7.34. The van der Waals surface area contributed by atoms with E-state index in [2.05, 4.69) is 28.1 Å². The van der Waals surface area contributed by atoms with Gasteiger partial charge in [0.25, 0.3) is 0 Å².